The van der Waals surface area contributed by atoms with Crippen molar-refractivity contribution in [2.45, 2.75) is 77.5 Å². The van der Waals surface area contributed by atoms with Gasteiger partial charge in [0.1, 0.15) is 34.7 Å². The molecule has 0 saturated carbocycles. The number of fused-ring (bicyclic) bond motifs is 4. The van der Waals surface area contributed by atoms with E-state index in [1.807, 2.05) is 6.07 Å². The summed E-state index contributed by atoms with van der Waals surface area (Å²) < 4.78 is 13.4. The summed E-state index contributed by atoms with van der Waals surface area (Å²) in [4.78, 5) is 15.6. The average molecular weight is 823 g/mol. The Bertz CT molecular complexity index is 2840. The van der Waals surface area contributed by atoms with Crippen LogP contribution < -0.4 is 35.7 Å². The second-order valence-corrected chi connectivity index (χ2v) is 19.4. The van der Waals surface area contributed by atoms with Gasteiger partial charge >= 0.3 is 0 Å². The van der Waals surface area contributed by atoms with Crippen molar-refractivity contribution < 1.29 is 9.47 Å². The zero-order chi connectivity index (χ0) is 43.5. The molecule has 0 atom stereocenters. The molecule has 4 heterocycles. The molecule has 63 heavy (non-hydrogen) atoms. The molecule has 0 fully saturated rings. The van der Waals surface area contributed by atoms with Gasteiger partial charge in [0.05, 0.1) is 22.2 Å². The van der Waals surface area contributed by atoms with E-state index in [1.165, 1.54) is 0 Å². The van der Waals surface area contributed by atoms with Gasteiger partial charge in [0.25, 0.3) is 6.71 Å². The molecule has 0 aromatic heterocycles. The predicted molar refractivity (Wildman–Crippen MR) is 262 cm³/mol. The number of benzene rings is 7. The maximum absolute atomic E-state index is 6.69. The smallest absolute Gasteiger partial charge is 0.260 e. The molecule has 0 bridgehead atoms. The van der Waals surface area contributed by atoms with Crippen LogP contribution in [0.25, 0.3) is 22.3 Å². The lowest BCUT2D eigenvalue weighted by atomic mass is 9.34. The highest BCUT2D eigenvalue weighted by atomic mass is 16.5. The number of anilines is 2. The number of hydrogen-bond acceptors (Lipinski definition) is 6. The summed E-state index contributed by atoms with van der Waals surface area (Å²) in [7, 11) is 0. The Balaban J connectivity index is 0.993. The maximum atomic E-state index is 6.69. The minimum absolute atomic E-state index is 0.0984. The van der Waals surface area contributed by atoms with E-state index in [0.717, 1.165) is 95.8 Å². The van der Waals surface area contributed by atoms with Crippen molar-refractivity contribution in [1.82, 2.24) is 0 Å². The van der Waals surface area contributed by atoms with Gasteiger partial charge in [-0.3, -0.25) is 9.98 Å². The second kappa shape index (κ2) is 13.8. The zero-order valence-electron chi connectivity index (χ0n) is 37.3. The number of amidine groups is 2. The summed E-state index contributed by atoms with van der Waals surface area (Å²) in [5.41, 5.74) is 11.1. The highest BCUT2D eigenvalue weighted by Gasteiger charge is 2.51. The topological polar surface area (TPSA) is 49.7 Å². The van der Waals surface area contributed by atoms with Crippen LogP contribution in [0, 0.1) is 0 Å². The summed E-state index contributed by atoms with van der Waals surface area (Å²) in [5.74, 6) is 5.33. The number of aliphatic imine (C=N–C) groups is 2. The van der Waals surface area contributed by atoms with Crippen LogP contribution in [-0.4, -0.2) is 40.5 Å². The van der Waals surface area contributed by atoms with Crippen LogP contribution in [0.15, 0.2) is 174 Å². The van der Waals surface area contributed by atoms with Crippen molar-refractivity contribution in [2.24, 2.45) is 9.98 Å². The molecule has 0 radical (unpaired) electrons. The first-order chi connectivity index (χ1) is 30.2. The normalized spacial score (nSPS) is 18.1. The van der Waals surface area contributed by atoms with Crippen molar-refractivity contribution in [2.75, 3.05) is 9.80 Å². The minimum atomic E-state index is -0.305. The lowest BCUT2D eigenvalue weighted by molar-refractivity contribution is 0.338. The monoisotopic (exact) mass is 822 g/mol. The standard InChI is InChI=1S/C56H51BN4O2/c1-53(2)55(5,6)60(42-22-11-9-12-23-42)51(58-53)40-20-15-18-36(32-40)38-28-30-46-44(34-38)57-45-35-39(29-31-47(45)63-49-27-17-26-48(62-46)50(49)57)37-19-16-21-41(33-37)52-59-54(3,4)56(7,8)61(52)43-24-13-10-14-25-43/h9-35H,1-8H3. The molecule has 310 valence electrons. The fourth-order valence-electron chi connectivity index (χ4n) is 9.88. The number of rotatable bonds is 6. The molecule has 0 saturated heterocycles. The van der Waals surface area contributed by atoms with Gasteiger partial charge in [-0.05, 0) is 149 Å². The Labute approximate surface area is 371 Å². The highest BCUT2D eigenvalue weighted by Crippen LogP contribution is 2.45. The van der Waals surface area contributed by atoms with E-state index in [0.29, 0.717) is 0 Å². The third kappa shape index (κ3) is 6.00. The van der Waals surface area contributed by atoms with Crippen molar-refractivity contribution in [3.63, 3.8) is 0 Å². The molecule has 7 aromatic carbocycles. The summed E-state index contributed by atoms with van der Waals surface area (Å²) in [6.07, 6.45) is 0. The third-order valence-electron chi connectivity index (χ3n) is 14.6. The van der Waals surface area contributed by atoms with Crippen LogP contribution >= 0.6 is 0 Å². The van der Waals surface area contributed by atoms with E-state index >= 15 is 0 Å². The van der Waals surface area contributed by atoms with Crippen LogP contribution in [-0.2, 0) is 0 Å². The Hall–Kier alpha value is -6.86. The average Bonchev–Trinajstić information content (AvgIpc) is 3.61. The van der Waals surface area contributed by atoms with E-state index in [9.17, 15) is 0 Å². The van der Waals surface area contributed by atoms with Crippen molar-refractivity contribution in [1.29, 1.82) is 0 Å². The van der Waals surface area contributed by atoms with Gasteiger partial charge in [-0.25, -0.2) is 0 Å². The predicted octanol–water partition coefficient (Wildman–Crippen LogP) is 11.4. The lowest BCUT2D eigenvalue weighted by Gasteiger charge is -2.41. The van der Waals surface area contributed by atoms with E-state index in [2.05, 4.69) is 223 Å². The Morgan fingerprint density at radius 1 is 0.381 bits per heavy atom. The lowest BCUT2D eigenvalue weighted by Crippen LogP contribution is -2.57. The first kappa shape index (κ1) is 39.0. The molecule has 0 spiro atoms. The van der Waals surface area contributed by atoms with E-state index < -0.39 is 0 Å². The van der Waals surface area contributed by atoms with Crippen LogP contribution in [0.2, 0.25) is 0 Å². The molecule has 7 aromatic rings. The van der Waals surface area contributed by atoms with Crippen LogP contribution in [0.4, 0.5) is 11.4 Å². The molecular weight excluding hydrogens is 771 g/mol. The van der Waals surface area contributed by atoms with Crippen molar-refractivity contribution in [3.8, 4) is 45.3 Å². The SMILES string of the molecule is CC1(C)N=C(c2cccc(-c3ccc4c(c3)B3c5cc(-c6cccc(C7=NC(C)(C)C(C)(C)N7c7ccccc7)c6)ccc5Oc5cccc(c53)O4)c2)N(c2ccccc2)C1(C)C. The van der Waals surface area contributed by atoms with Crippen LogP contribution in [0.3, 0.4) is 0 Å². The largest absolute Gasteiger partial charge is 0.458 e. The van der Waals surface area contributed by atoms with E-state index in [-0.39, 0.29) is 28.9 Å². The number of ether oxygens (including phenoxy) is 2. The molecule has 0 aliphatic carbocycles. The molecule has 6 nitrogen and oxygen atoms in total. The summed E-state index contributed by atoms with van der Waals surface area (Å²) in [6, 6.07) is 58.3. The van der Waals surface area contributed by atoms with Crippen molar-refractivity contribution >= 4 is 46.1 Å². The third-order valence-corrected chi connectivity index (χ3v) is 14.6. The van der Waals surface area contributed by atoms with E-state index in [4.69, 9.17) is 19.5 Å². The zero-order valence-corrected chi connectivity index (χ0v) is 37.3. The molecule has 0 N–H and O–H groups in total. The first-order valence-corrected chi connectivity index (χ1v) is 22.1. The maximum Gasteiger partial charge on any atom is 0.260 e. The summed E-state index contributed by atoms with van der Waals surface area (Å²) in [6.45, 7) is 18.0. The molecular formula is C56H51BN4O2. The van der Waals surface area contributed by atoms with Crippen molar-refractivity contribution in [3.05, 3.63) is 175 Å². The molecule has 4 aliphatic rings. The summed E-state index contributed by atoms with van der Waals surface area (Å²) >= 11 is 0. The number of hydrogen-bond donors (Lipinski definition) is 0. The molecule has 0 amide bonds. The van der Waals surface area contributed by atoms with Gasteiger partial charge in [0.15, 0.2) is 0 Å². The van der Waals surface area contributed by atoms with E-state index in [1.54, 1.807) is 0 Å². The van der Waals surface area contributed by atoms with Crippen LogP contribution in [0.1, 0.15) is 66.5 Å². The molecule has 11 rings (SSSR count). The number of para-hydroxylation sites is 2. The highest BCUT2D eigenvalue weighted by molar-refractivity contribution is 6.98. The minimum Gasteiger partial charge on any atom is -0.458 e. The Morgan fingerprint density at radius 3 is 1.19 bits per heavy atom. The fraction of sp³-hybridized carbons (Fsp3) is 0.214. The van der Waals surface area contributed by atoms with Gasteiger partial charge in [0.2, 0.25) is 0 Å². The summed E-state index contributed by atoms with van der Waals surface area (Å²) in [5, 5.41) is 0. The Kier molecular flexibility index (Phi) is 8.56. The van der Waals surface area contributed by atoms with Crippen LogP contribution in [0.5, 0.6) is 23.0 Å². The second-order valence-electron chi connectivity index (χ2n) is 19.4. The quantitative estimate of drug-likeness (QED) is 0.157. The van der Waals surface area contributed by atoms with Gasteiger partial charge in [-0.15, -0.1) is 0 Å². The van der Waals surface area contributed by atoms with Gasteiger partial charge in [-0.2, -0.15) is 0 Å². The van der Waals surface area contributed by atoms with Gasteiger partial charge in [-0.1, -0.05) is 103 Å². The fourth-order valence-corrected chi connectivity index (χ4v) is 9.88. The first-order valence-electron chi connectivity index (χ1n) is 22.1. The Morgan fingerprint density at radius 2 is 0.762 bits per heavy atom. The van der Waals surface area contributed by atoms with Gasteiger partial charge in [0, 0.05) is 28.0 Å². The molecule has 4 aliphatic heterocycles. The molecule has 0 unspecified atom stereocenters. The molecule has 7 heteroatoms. The van der Waals surface area contributed by atoms with Gasteiger partial charge < -0.3 is 19.3 Å². The number of nitrogens with zero attached hydrogens (tertiary/aromatic N) is 4.